The lowest BCUT2D eigenvalue weighted by Crippen LogP contribution is -1.92. The Hall–Kier alpha value is -2.36. The first-order chi connectivity index (χ1) is 7.93. The molecule has 4 heteroatoms. The van der Waals surface area contributed by atoms with Gasteiger partial charge in [0.15, 0.2) is 5.82 Å². The normalized spacial score (nSPS) is 10.5. The summed E-state index contributed by atoms with van der Waals surface area (Å²) in [6.45, 7) is 0. The molecule has 3 aromatic rings. The van der Waals surface area contributed by atoms with Gasteiger partial charge in [-0.15, -0.1) is 0 Å². The number of rotatable bonds is 1. The van der Waals surface area contributed by atoms with Crippen LogP contribution in [0.4, 0.5) is 0 Å². The van der Waals surface area contributed by atoms with Crippen molar-refractivity contribution >= 4 is 11.0 Å². The highest BCUT2D eigenvalue weighted by atomic mass is 14.9. The maximum atomic E-state index is 4.46. The Bertz CT molecular complexity index is 622. The first kappa shape index (κ1) is 8.91. The molecule has 0 amide bonds. The molecular formula is C12H8N4. The third kappa shape index (κ3) is 1.50. The second kappa shape index (κ2) is 3.66. The molecule has 0 aliphatic carbocycles. The molecule has 16 heavy (non-hydrogen) atoms. The Morgan fingerprint density at radius 1 is 0.750 bits per heavy atom. The van der Waals surface area contributed by atoms with Crippen LogP contribution in [0.15, 0.2) is 48.9 Å². The van der Waals surface area contributed by atoms with Gasteiger partial charge < -0.3 is 0 Å². The molecule has 0 unspecified atom stereocenters. The van der Waals surface area contributed by atoms with E-state index >= 15 is 0 Å². The number of aromatic nitrogens is 4. The lowest BCUT2D eigenvalue weighted by atomic mass is 10.3. The van der Waals surface area contributed by atoms with Crippen LogP contribution in [0.5, 0.6) is 0 Å². The summed E-state index contributed by atoms with van der Waals surface area (Å²) in [6, 6.07) is 9.51. The Morgan fingerprint density at radius 2 is 1.50 bits per heavy atom. The van der Waals surface area contributed by atoms with Crippen LogP contribution in [-0.4, -0.2) is 19.9 Å². The molecule has 0 atom stereocenters. The van der Waals surface area contributed by atoms with Gasteiger partial charge in [0, 0.05) is 12.4 Å². The maximum absolute atomic E-state index is 4.46. The molecule has 0 N–H and O–H groups in total. The summed E-state index contributed by atoms with van der Waals surface area (Å²) in [5.41, 5.74) is 2.42. The molecule has 0 fully saturated rings. The quantitative estimate of drug-likeness (QED) is 0.614. The van der Waals surface area contributed by atoms with Gasteiger partial charge in [0.25, 0.3) is 0 Å². The summed E-state index contributed by atoms with van der Waals surface area (Å²) in [6.07, 6.45) is 5.08. The van der Waals surface area contributed by atoms with Crippen molar-refractivity contribution in [2.75, 3.05) is 0 Å². The van der Waals surface area contributed by atoms with Crippen LogP contribution in [0.25, 0.3) is 22.6 Å². The van der Waals surface area contributed by atoms with E-state index in [1.54, 1.807) is 24.7 Å². The minimum atomic E-state index is 0.598. The molecule has 4 nitrogen and oxygen atoms in total. The average Bonchev–Trinajstić information content (AvgIpc) is 2.39. The van der Waals surface area contributed by atoms with Gasteiger partial charge >= 0.3 is 0 Å². The zero-order valence-corrected chi connectivity index (χ0v) is 8.41. The largest absolute Gasteiger partial charge is 0.252 e. The van der Waals surface area contributed by atoms with Gasteiger partial charge in [0.1, 0.15) is 5.69 Å². The van der Waals surface area contributed by atoms with Crippen LogP contribution < -0.4 is 0 Å². The van der Waals surface area contributed by atoms with E-state index in [0.717, 1.165) is 11.0 Å². The van der Waals surface area contributed by atoms with Crippen molar-refractivity contribution in [3.8, 4) is 11.5 Å². The highest BCUT2D eigenvalue weighted by molar-refractivity contribution is 5.75. The van der Waals surface area contributed by atoms with Gasteiger partial charge in [-0.25, -0.2) is 15.0 Å². The van der Waals surface area contributed by atoms with Crippen molar-refractivity contribution in [3.05, 3.63) is 48.9 Å². The molecule has 1 aromatic carbocycles. The highest BCUT2D eigenvalue weighted by Crippen LogP contribution is 2.14. The second-order valence-corrected chi connectivity index (χ2v) is 3.32. The van der Waals surface area contributed by atoms with Crippen molar-refractivity contribution in [1.29, 1.82) is 0 Å². The SMILES string of the molecule is c1cnc(-c2cnc3ccccc3n2)nc1. The van der Waals surface area contributed by atoms with Crippen LogP contribution in [0.1, 0.15) is 0 Å². The predicted molar refractivity (Wildman–Crippen MR) is 60.6 cm³/mol. The van der Waals surface area contributed by atoms with E-state index in [1.165, 1.54) is 0 Å². The average molecular weight is 208 g/mol. The number of fused-ring (bicyclic) bond motifs is 1. The van der Waals surface area contributed by atoms with Crippen molar-refractivity contribution in [1.82, 2.24) is 19.9 Å². The fourth-order valence-electron chi connectivity index (χ4n) is 1.50. The molecule has 0 saturated heterocycles. The van der Waals surface area contributed by atoms with Crippen LogP contribution in [0, 0.1) is 0 Å². The molecule has 2 heterocycles. The number of hydrogen-bond donors (Lipinski definition) is 0. The van der Waals surface area contributed by atoms with Crippen LogP contribution >= 0.6 is 0 Å². The molecule has 3 rings (SSSR count). The van der Waals surface area contributed by atoms with Gasteiger partial charge in [-0.1, -0.05) is 12.1 Å². The summed E-state index contributed by atoms with van der Waals surface area (Å²) < 4.78 is 0. The summed E-state index contributed by atoms with van der Waals surface area (Å²) >= 11 is 0. The number of benzene rings is 1. The maximum Gasteiger partial charge on any atom is 0.179 e. The molecule has 2 aromatic heterocycles. The molecular weight excluding hydrogens is 200 g/mol. The van der Waals surface area contributed by atoms with Gasteiger partial charge in [-0.2, -0.15) is 0 Å². The molecule has 0 aliphatic heterocycles. The third-order valence-corrected chi connectivity index (χ3v) is 2.24. The van der Waals surface area contributed by atoms with E-state index in [2.05, 4.69) is 19.9 Å². The van der Waals surface area contributed by atoms with E-state index in [9.17, 15) is 0 Å². The van der Waals surface area contributed by atoms with Gasteiger partial charge in [0.2, 0.25) is 0 Å². The number of nitrogens with zero attached hydrogens (tertiary/aromatic N) is 4. The summed E-state index contributed by atoms with van der Waals surface area (Å²) in [5.74, 6) is 0.598. The van der Waals surface area contributed by atoms with Gasteiger partial charge in [0.05, 0.1) is 17.2 Å². The van der Waals surface area contributed by atoms with Gasteiger partial charge in [-0.05, 0) is 18.2 Å². The topological polar surface area (TPSA) is 51.6 Å². The second-order valence-electron chi connectivity index (χ2n) is 3.32. The van der Waals surface area contributed by atoms with Crippen molar-refractivity contribution in [2.24, 2.45) is 0 Å². The zero-order chi connectivity index (χ0) is 10.8. The lowest BCUT2D eigenvalue weighted by molar-refractivity contribution is 1.14. The highest BCUT2D eigenvalue weighted by Gasteiger charge is 2.03. The fourth-order valence-corrected chi connectivity index (χ4v) is 1.50. The Morgan fingerprint density at radius 3 is 2.31 bits per heavy atom. The summed E-state index contributed by atoms with van der Waals surface area (Å²) in [7, 11) is 0. The van der Waals surface area contributed by atoms with E-state index in [1.807, 2.05) is 24.3 Å². The number of hydrogen-bond acceptors (Lipinski definition) is 4. The molecule has 76 valence electrons. The van der Waals surface area contributed by atoms with Crippen molar-refractivity contribution in [2.45, 2.75) is 0 Å². The predicted octanol–water partition coefficient (Wildman–Crippen LogP) is 2.09. The van der Waals surface area contributed by atoms with Gasteiger partial charge in [-0.3, -0.25) is 4.98 Å². The zero-order valence-electron chi connectivity index (χ0n) is 8.41. The molecule has 0 spiro atoms. The van der Waals surface area contributed by atoms with E-state index in [4.69, 9.17) is 0 Å². The first-order valence-corrected chi connectivity index (χ1v) is 4.93. The summed E-state index contributed by atoms with van der Waals surface area (Å²) in [5, 5.41) is 0. The molecule has 0 radical (unpaired) electrons. The Balaban J connectivity index is 2.19. The fraction of sp³-hybridized carbons (Fsp3) is 0. The first-order valence-electron chi connectivity index (χ1n) is 4.93. The van der Waals surface area contributed by atoms with E-state index < -0.39 is 0 Å². The smallest absolute Gasteiger partial charge is 0.179 e. The van der Waals surface area contributed by atoms with Crippen LogP contribution in [0.2, 0.25) is 0 Å². The van der Waals surface area contributed by atoms with E-state index in [0.29, 0.717) is 11.5 Å². The molecule has 0 saturated carbocycles. The molecule has 0 aliphatic rings. The minimum absolute atomic E-state index is 0.598. The minimum Gasteiger partial charge on any atom is -0.252 e. The van der Waals surface area contributed by atoms with E-state index in [-0.39, 0.29) is 0 Å². The standard InChI is InChI=1S/C12H8N4/c1-2-5-10-9(4-1)15-8-11(16-10)12-13-6-3-7-14-12/h1-8H. The van der Waals surface area contributed by atoms with Crippen LogP contribution in [-0.2, 0) is 0 Å². The van der Waals surface area contributed by atoms with Crippen LogP contribution in [0.3, 0.4) is 0 Å². The van der Waals surface area contributed by atoms with Crippen molar-refractivity contribution < 1.29 is 0 Å². The summed E-state index contributed by atoms with van der Waals surface area (Å²) in [4.78, 5) is 17.1. The monoisotopic (exact) mass is 208 g/mol. The Kier molecular flexibility index (Phi) is 2.04. The lowest BCUT2D eigenvalue weighted by Gasteiger charge is -1.99. The number of para-hydroxylation sites is 2. The third-order valence-electron chi connectivity index (χ3n) is 2.24. The molecule has 0 bridgehead atoms. The Labute approximate surface area is 92.0 Å². The van der Waals surface area contributed by atoms with Crippen molar-refractivity contribution in [3.63, 3.8) is 0 Å².